The molecule has 0 saturated carbocycles. The summed E-state index contributed by atoms with van der Waals surface area (Å²) in [5, 5.41) is 8.76. The molecule has 0 bridgehead atoms. The highest BCUT2D eigenvalue weighted by Gasteiger charge is 2.05. The lowest BCUT2D eigenvalue weighted by Crippen LogP contribution is -2.34. The molecule has 2 amide bonds. The lowest BCUT2D eigenvalue weighted by Gasteiger charge is -2.11. The maximum Gasteiger partial charge on any atom is 0.319 e. The van der Waals surface area contributed by atoms with Gasteiger partial charge in [-0.25, -0.2) is 9.78 Å². The van der Waals surface area contributed by atoms with Crippen LogP contribution in [0.2, 0.25) is 0 Å². The number of nitrogens with zero attached hydrogens (tertiary/aromatic N) is 1. The van der Waals surface area contributed by atoms with E-state index in [1.165, 1.54) is 0 Å². The van der Waals surface area contributed by atoms with Crippen molar-refractivity contribution in [3.63, 3.8) is 0 Å². The van der Waals surface area contributed by atoms with Crippen molar-refractivity contribution in [1.29, 1.82) is 0 Å². The Morgan fingerprint density at radius 3 is 2.50 bits per heavy atom. The van der Waals surface area contributed by atoms with Crippen LogP contribution in [0, 0.1) is 0 Å². The van der Waals surface area contributed by atoms with Crippen LogP contribution >= 0.6 is 0 Å². The lowest BCUT2D eigenvalue weighted by molar-refractivity contribution is 0.250. The molecule has 0 spiro atoms. The molecule has 2 rings (SSSR count). The molecule has 3 N–H and O–H groups in total. The van der Waals surface area contributed by atoms with Gasteiger partial charge in [-0.2, -0.15) is 0 Å². The van der Waals surface area contributed by atoms with Crippen molar-refractivity contribution in [3.05, 3.63) is 42.1 Å². The van der Waals surface area contributed by atoms with E-state index in [1.807, 2.05) is 44.2 Å². The second kappa shape index (κ2) is 9.50. The van der Waals surface area contributed by atoms with Crippen molar-refractivity contribution in [1.82, 2.24) is 10.3 Å². The number of hydrogen-bond acceptors (Lipinski definition) is 5. The third kappa shape index (κ3) is 5.84. The zero-order valence-corrected chi connectivity index (χ0v) is 15.6. The van der Waals surface area contributed by atoms with Crippen LogP contribution in [-0.2, 0) is 6.42 Å². The Labute approximate surface area is 154 Å². The molecule has 0 aliphatic heterocycles. The van der Waals surface area contributed by atoms with Crippen molar-refractivity contribution < 1.29 is 14.3 Å². The highest BCUT2D eigenvalue weighted by molar-refractivity contribution is 5.89. The molecule has 26 heavy (non-hydrogen) atoms. The Balaban J connectivity index is 1.83. The maximum absolute atomic E-state index is 11.6. The number of carbonyl (C=O) groups excluding carboxylic acids is 1. The summed E-state index contributed by atoms with van der Waals surface area (Å²) < 4.78 is 10.6. The van der Waals surface area contributed by atoms with Gasteiger partial charge in [0, 0.05) is 12.6 Å². The zero-order chi connectivity index (χ0) is 18.9. The summed E-state index contributed by atoms with van der Waals surface area (Å²) >= 11 is 0. The molecule has 1 heterocycles. The van der Waals surface area contributed by atoms with Crippen molar-refractivity contribution >= 4 is 17.5 Å². The molecule has 0 saturated heterocycles. The molecule has 7 nitrogen and oxygen atoms in total. The van der Waals surface area contributed by atoms with E-state index in [4.69, 9.17) is 9.47 Å². The number of carbonyl (C=O) groups is 1. The molecule has 0 aliphatic carbocycles. The number of anilines is 2. The van der Waals surface area contributed by atoms with Crippen LogP contribution in [0.3, 0.4) is 0 Å². The largest absolute Gasteiger partial charge is 0.493 e. The van der Waals surface area contributed by atoms with E-state index >= 15 is 0 Å². The van der Waals surface area contributed by atoms with Crippen molar-refractivity contribution in [2.75, 3.05) is 31.4 Å². The first-order chi connectivity index (χ1) is 12.5. The second-order valence-electron chi connectivity index (χ2n) is 6.05. The molecule has 0 atom stereocenters. The number of hydrogen-bond donors (Lipinski definition) is 3. The quantitative estimate of drug-likeness (QED) is 0.674. The van der Waals surface area contributed by atoms with Crippen LogP contribution in [0.25, 0.3) is 0 Å². The average molecular weight is 358 g/mol. The monoisotopic (exact) mass is 358 g/mol. The van der Waals surface area contributed by atoms with Gasteiger partial charge < -0.3 is 25.4 Å². The molecule has 2 aromatic rings. The molecule has 0 unspecified atom stereocenters. The minimum atomic E-state index is -0.240. The number of methoxy groups -OCH3 is 2. The molecule has 140 valence electrons. The fourth-order valence-electron chi connectivity index (χ4n) is 2.37. The number of pyridine rings is 1. The predicted octanol–water partition coefficient (Wildman–Crippen LogP) is 3.28. The minimum Gasteiger partial charge on any atom is -0.493 e. The van der Waals surface area contributed by atoms with Crippen molar-refractivity contribution in [3.8, 4) is 11.5 Å². The van der Waals surface area contributed by atoms with Gasteiger partial charge in [0.15, 0.2) is 11.5 Å². The fourth-order valence-corrected chi connectivity index (χ4v) is 2.37. The van der Waals surface area contributed by atoms with Crippen LogP contribution in [-0.4, -0.2) is 37.8 Å². The predicted molar refractivity (Wildman–Crippen MR) is 103 cm³/mol. The highest BCUT2D eigenvalue weighted by Crippen LogP contribution is 2.27. The molecule has 0 fully saturated rings. The Morgan fingerprint density at radius 1 is 1.12 bits per heavy atom. The first-order valence-electron chi connectivity index (χ1n) is 8.50. The standard InChI is InChI=1S/C19H26N4O3/c1-13(2)22-19(24)23-15-6-8-18(21-12-15)20-10-9-14-5-7-16(25-3)17(11-14)26-4/h5-8,11-13H,9-10H2,1-4H3,(H,20,21)(H2,22,23,24). The van der Waals surface area contributed by atoms with E-state index in [2.05, 4.69) is 20.9 Å². The average Bonchev–Trinajstić information content (AvgIpc) is 2.62. The van der Waals surface area contributed by atoms with Gasteiger partial charge >= 0.3 is 6.03 Å². The number of nitrogens with one attached hydrogen (secondary N) is 3. The number of ether oxygens (including phenoxy) is 2. The van der Waals surface area contributed by atoms with E-state index in [1.54, 1.807) is 20.4 Å². The Hall–Kier alpha value is -2.96. The first-order valence-corrected chi connectivity index (χ1v) is 8.50. The van der Waals surface area contributed by atoms with Crippen LogP contribution in [0.4, 0.5) is 16.3 Å². The summed E-state index contributed by atoms with van der Waals surface area (Å²) in [5.74, 6) is 2.19. The van der Waals surface area contributed by atoms with Gasteiger partial charge in [0.05, 0.1) is 26.1 Å². The molecule has 0 radical (unpaired) electrons. The van der Waals surface area contributed by atoms with Gasteiger partial charge in [-0.3, -0.25) is 0 Å². The Kier molecular flexibility index (Phi) is 7.08. The molecule has 7 heteroatoms. The van der Waals surface area contributed by atoms with Gasteiger partial charge in [0.25, 0.3) is 0 Å². The van der Waals surface area contributed by atoms with Crippen molar-refractivity contribution in [2.24, 2.45) is 0 Å². The van der Waals surface area contributed by atoms with E-state index in [0.29, 0.717) is 5.69 Å². The fraction of sp³-hybridized carbons (Fsp3) is 0.368. The summed E-state index contributed by atoms with van der Waals surface area (Å²) in [7, 11) is 3.25. The maximum atomic E-state index is 11.6. The van der Waals surface area contributed by atoms with Gasteiger partial charge in [0.2, 0.25) is 0 Å². The minimum absolute atomic E-state index is 0.0838. The molecular weight excluding hydrogens is 332 g/mol. The van der Waals surface area contributed by atoms with Gasteiger partial charge in [0.1, 0.15) is 5.82 Å². The molecule has 1 aromatic carbocycles. The van der Waals surface area contributed by atoms with Crippen LogP contribution < -0.4 is 25.4 Å². The Bertz CT molecular complexity index is 717. The van der Waals surface area contributed by atoms with Gasteiger partial charge in [-0.05, 0) is 50.1 Å². The molecular formula is C19H26N4O3. The number of aromatic nitrogens is 1. The lowest BCUT2D eigenvalue weighted by atomic mass is 10.1. The number of benzene rings is 1. The summed E-state index contributed by atoms with van der Waals surface area (Å²) in [6.45, 7) is 4.54. The van der Waals surface area contributed by atoms with Crippen molar-refractivity contribution in [2.45, 2.75) is 26.3 Å². The van der Waals surface area contributed by atoms with Crippen LogP contribution in [0.1, 0.15) is 19.4 Å². The van der Waals surface area contributed by atoms with E-state index in [0.717, 1.165) is 35.8 Å². The third-order valence-electron chi connectivity index (χ3n) is 3.61. The summed E-state index contributed by atoms with van der Waals surface area (Å²) in [4.78, 5) is 16.0. The van der Waals surface area contributed by atoms with E-state index in [-0.39, 0.29) is 12.1 Å². The number of urea groups is 1. The van der Waals surface area contributed by atoms with Crippen LogP contribution in [0.15, 0.2) is 36.5 Å². The number of amides is 2. The van der Waals surface area contributed by atoms with Gasteiger partial charge in [-0.1, -0.05) is 6.07 Å². The summed E-state index contributed by atoms with van der Waals surface area (Å²) in [5.41, 5.74) is 1.78. The third-order valence-corrected chi connectivity index (χ3v) is 3.61. The van der Waals surface area contributed by atoms with E-state index < -0.39 is 0 Å². The second-order valence-corrected chi connectivity index (χ2v) is 6.05. The number of rotatable bonds is 8. The first kappa shape index (κ1) is 19.4. The highest BCUT2D eigenvalue weighted by atomic mass is 16.5. The summed E-state index contributed by atoms with van der Waals surface area (Å²) in [6.07, 6.45) is 2.44. The topological polar surface area (TPSA) is 84.5 Å². The molecule has 1 aromatic heterocycles. The smallest absolute Gasteiger partial charge is 0.319 e. The normalized spacial score (nSPS) is 10.3. The SMILES string of the molecule is COc1ccc(CCNc2ccc(NC(=O)NC(C)C)cn2)cc1OC. The van der Waals surface area contributed by atoms with Crippen LogP contribution in [0.5, 0.6) is 11.5 Å². The van der Waals surface area contributed by atoms with E-state index in [9.17, 15) is 4.79 Å². The Morgan fingerprint density at radius 2 is 1.88 bits per heavy atom. The summed E-state index contributed by atoms with van der Waals surface area (Å²) in [6, 6.07) is 9.36. The van der Waals surface area contributed by atoms with Gasteiger partial charge in [-0.15, -0.1) is 0 Å². The molecule has 0 aliphatic rings. The zero-order valence-electron chi connectivity index (χ0n) is 15.6.